The van der Waals surface area contributed by atoms with Crippen LogP contribution < -0.4 is 11.1 Å². The predicted molar refractivity (Wildman–Crippen MR) is 51.8 cm³/mol. The van der Waals surface area contributed by atoms with Gasteiger partial charge in [0.1, 0.15) is 24.0 Å². The van der Waals surface area contributed by atoms with Crippen molar-refractivity contribution in [3.05, 3.63) is 12.0 Å². The summed E-state index contributed by atoms with van der Waals surface area (Å²) >= 11 is 0. The maximum absolute atomic E-state index is 5.69. The van der Waals surface area contributed by atoms with Gasteiger partial charge in [-0.15, -0.1) is 0 Å². The summed E-state index contributed by atoms with van der Waals surface area (Å²) in [5.74, 6) is 1.50. The van der Waals surface area contributed by atoms with Gasteiger partial charge in [0.15, 0.2) is 0 Å². The van der Waals surface area contributed by atoms with Gasteiger partial charge in [0.25, 0.3) is 0 Å². The molecule has 0 bridgehead atoms. The van der Waals surface area contributed by atoms with Crippen molar-refractivity contribution in [1.82, 2.24) is 9.55 Å². The standard InChI is InChI=1S/C8H13N5/c1-5(2)13-4-12-6-7(9)10-3-11-8(6)13/h4-5,11H,3H2,1-2H3,(H2,9,10). The Hall–Kier alpha value is -1.52. The number of anilines is 1. The quantitative estimate of drug-likeness (QED) is 0.661. The summed E-state index contributed by atoms with van der Waals surface area (Å²) in [5, 5.41) is 3.16. The molecule has 1 aliphatic rings. The van der Waals surface area contributed by atoms with E-state index in [4.69, 9.17) is 5.73 Å². The summed E-state index contributed by atoms with van der Waals surface area (Å²) in [6, 6.07) is 0.384. The molecule has 3 N–H and O–H groups in total. The maximum atomic E-state index is 5.69. The molecular weight excluding hydrogens is 166 g/mol. The lowest BCUT2D eigenvalue weighted by atomic mass is 10.3. The average molecular weight is 179 g/mol. The molecule has 5 nitrogen and oxygen atoms in total. The Balaban J connectivity index is 2.50. The van der Waals surface area contributed by atoms with Gasteiger partial charge in [-0.25, -0.2) is 9.98 Å². The van der Waals surface area contributed by atoms with Gasteiger partial charge < -0.3 is 15.6 Å². The van der Waals surface area contributed by atoms with E-state index in [1.54, 1.807) is 6.33 Å². The van der Waals surface area contributed by atoms with Gasteiger partial charge in [-0.2, -0.15) is 0 Å². The van der Waals surface area contributed by atoms with Crippen LogP contribution in [0.25, 0.3) is 0 Å². The van der Waals surface area contributed by atoms with Crippen LogP contribution in [0.5, 0.6) is 0 Å². The number of amidine groups is 1. The van der Waals surface area contributed by atoms with Gasteiger partial charge in [0.05, 0.1) is 6.33 Å². The van der Waals surface area contributed by atoms with Gasteiger partial charge in [-0.1, -0.05) is 0 Å². The molecule has 0 saturated heterocycles. The Bertz CT molecular complexity index is 349. The van der Waals surface area contributed by atoms with Crippen LogP contribution in [0.3, 0.4) is 0 Å². The third-order valence-electron chi connectivity index (χ3n) is 2.09. The number of fused-ring (bicyclic) bond motifs is 1. The number of aliphatic imine (C=N–C) groups is 1. The number of imidazole rings is 1. The Morgan fingerprint density at radius 3 is 3.08 bits per heavy atom. The second-order valence-electron chi connectivity index (χ2n) is 3.32. The lowest BCUT2D eigenvalue weighted by Gasteiger charge is -2.16. The Morgan fingerprint density at radius 2 is 2.38 bits per heavy atom. The molecule has 0 fully saturated rings. The predicted octanol–water partition coefficient (Wildman–Crippen LogP) is 0.552. The van der Waals surface area contributed by atoms with Crippen LogP contribution in [0.2, 0.25) is 0 Å². The van der Waals surface area contributed by atoms with E-state index in [0.717, 1.165) is 11.5 Å². The molecule has 13 heavy (non-hydrogen) atoms. The zero-order chi connectivity index (χ0) is 9.42. The van der Waals surface area contributed by atoms with Crippen LogP contribution in [0.4, 0.5) is 5.82 Å². The van der Waals surface area contributed by atoms with Crippen molar-refractivity contribution >= 4 is 11.7 Å². The molecule has 70 valence electrons. The SMILES string of the molecule is CC(C)n1cnc2c1NCN=C2N. The van der Waals surface area contributed by atoms with Crippen molar-refractivity contribution < 1.29 is 0 Å². The fourth-order valence-electron chi connectivity index (χ4n) is 1.39. The molecule has 1 aromatic rings. The molecule has 2 heterocycles. The second kappa shape index (κ2) is 2.76. The van der Waals surface area contributed by atoms with E-state index in [-0.39, 0.29) is 0 Å². The molecule has 0 radical (unpaired) electrons. The minimum absolute atomic E-state index is 0.384. The van der Waals surface area contributed by atoms with Gasteiger partial charge in [-0.3, -0.25) is 0 Å². The summed E-state index contributed by atoms with van der Waals surface area (Å²) < 4.78 is 2.05. The minimum Gasteiger partial charge on any atom is -0.382 e. The first-order valence-electron chi connectivity index (χ1n) is 4.31. The van der Waals surface area contributed by atoms with Crippen LogP contribution >= 0.6 is 0 Å². The molecular formula is C8H13N5. The maximum Gasteiger partial charge on any atom is 0.150 e. The smallest absolute Gasteiger partial charge is 0.150 e. The third-order valence-corrected chi connectivity index (χ3v) is 2.09. The summed E-state index contributed by atoms with van der Waals surface area (Å²) in [5.41, 5.74) is 6.46. The van der Waals surface area contributed by atoms with E-state index >= 15 is 0 Å². The molecule has 1 aliphatic heterocycles. The van der Waals surface area contributed by atoms with E-state index in [9.17, 15) is 0 Å². The third kappa shape index (κ3) is 1.16. The van der Waals surface area contributed by atoms with E-state index in [1.807, 2.05) is 0 Å². The van der Waals surface area contributed by atoms with Crippen LogP contribution in [-0.2, 0) is 0 Å². The topological polar surface area (TPSA) is 68.2 Å². The van der Waals surface area contributed by atoms with E-state index in [0.29, 0.717) is 18.5 Å². The number of nitrogens with one attached hydrogen (secondary N) is 1. The number of hydrogen-bond acceptors (Lipinski definition) is 4. The van der Waals surface area contributed by atoms with Crippen LogP contribution in [0.15, 0.2) is 11.3 Å². The van der Waals surface area contributed by atoms with Crippen LogP contribution in [0.1, 0.15) is 25.6 Å². The number of nitrogens with zero attached hydrogens (tertiary/aromatic N) is 3. The summed E-state index contributed by atoms with van der Waals surface area (Å²) in [4.78, 5) is 8.26. The van der Waals surface area contributed by atoms with E-state index in [1.165, 1.54) is 0 Å². The average Bonchev–Trinajstić information content (AvgIpc) is 2.48. The van der Waals surface area contributed by atoms with Gasteiger partial charge >= 0.3 is 0 Å². The fraction of sp³-hybridized carbons (Fsp3) is 0.500. The largest absolute Gasteiger partial charge is 0.382 e. The normalized spacial score (nSPS) is 15.2. The number of aromatic nitrogens is 2. The molecule has 0 spiro atoms. The first kappa shape index (κ1) is 8.10. The summed E-state index contributed by atoms with van der Waals surface area (Å²) in [6.45, 7) is 4.74. The lowest BCUT2D eigenvalue weighted by molar-refractivity contribution is 0.604. The molecule has 0 aromatic carbocycles. The van der Waals surface area contributed by atoms with Crippen molar-refractivity contribution in [3.8, 4) is 0 Å². The highest BCUT2D eigenvalue weighted by Gasteiger charge is 2.18. The molecule has 0 saturated carbocycles. The molecule has 5 heteroatoms. The van der Waals surface area contributed by atoms with E-state index in [2.05, 4.69) is 33.7 Å². The van der Waals surface area contributed by atoms with Crippen molar-refractivity contribution in [2.24, 2.45) is 10.7 Å². The first-order valence-corrected chi connectivity index (χ1v) is 4.31. The van der Waals surface area contributed by atoms with Crippen molar-refractivity contribution in [2.45, 2.75) is 19.9 Å². The molecule has 1 aromatic heterocycles. The van der Waals surface area contributed by atoms with Gasteiger partial charge in [-0.05, 0) is 13.8 Å². The van der Waals surface area contributed by atoms with Crippen LogP contribution in [0, 0.1) is 0 Å². The highest BCUT2D eigenvalue weighted by molar-refractivity contribution is 6.01. The molecule has 2 rings (SSSR count). The minimum atomic E-state index is 0.384. The zero-order valence-electron chi connectivity index (χ0n) is 7.78. The molecule has 0 atom stereocenters. The Morgan fingerprint density at radius 1 is 1.62 bits per heavy atom. The summed E-state index contributed by atoms with van der Waals surface area (Å²) in [6.07, 6.45) is 1.79. The molecule has 0 aliphatic carbocycles. The number of rotatable bonds is 1. The van der Waals surface area contributed by atoms with Gasteiger partial charge in [0, 0.05) is 6.04 Å². The lowest BCUT2D eigenvalue weighted by Crippen LogP contribution is -2.23. The monoisotopic (exact) mass is 179 g/mol. The second-order valence-corrected chi connectivity index (χ2v) is 3.32. The zero-order valence-corrected chi connectivity index (χ0v) is 7.78. The summed E-state index contributed by atoms with van der Waals surface area (Å²) in [7, 11) is 0. The van der Waals surface area contributed by atoms with Crippen molar-refractivity contribution in [2.75, 3.05) is 12.0 Å². The van der Waals surface area contributed by atoms with Crippen molar-refractivity contribution in [3.63, 3.8) is 0 Å². The Labute approximate surface area is 76.7 Å². The highest BCUT2D eigenvalue weighted by Crippen LogP contribution is 2.21. The fourth-order valence-corrected chi connectivity index (χ4v) is 1.39. The number of nitrogens with two attached hydrogens (primary N) is 1. The Kier molecular flexibility index (Phi) is 1.72. The molecule has 0 unspecified atom stereocenters. The van der Waals surface area contributed by atoms with Gasteiger partial charge in [0.2, 0.25) is 0 Å². The van der Waals surface area contributed by atoms with Crippen LogP contribution in [-0.4, -0.2) is 22.1 Å². The van der Waals surface area contributed by atoms with E-state index < -0.39 is 0 Å². The number of hydrogen-bond donors (Lipinski definition) is 2. The van der Waals surface area contributed by atoms with Crippen molar-refractivity contribution in [1.29, 1.82) is 0 Å². The first-order chi connectivity index (χ1) is 6.20. The molecule has 0 amide bonds. The highest BCUT2D eigenvalue weighted by atomic mass is 15.2.